The van der Waals surface area contributed by atoms with Crippen LogP contribution in [-0.2, 0) is 26.0 Å². The molecule has 27 heavy (non-hydrogen) atoms. The molecule has 152 valence electrons. The summed E-state index contributed by atoms with van der Waals surface area (Å²) in [7, 11) is -3.64. The maximum atomic E-state index is 11.9. The Hall–Kier alpha value is -0.110. The third kappa shape index (κ3) is 14.5. The van der Waals surface area contributed by atoms with Gasteiger partial charge in [-0.3, -0.25) is 0 Å². The quantitative estimate of drug-likeness (QED) is 0.235. The number of unbranched alkanes of at least 4 members (excludes halogenated alkanes) is 5. The SMILES string of the molecule is CCCCCCCCc1ccc(OS(=O)(=O)CCOCCOCC)cc1.[H-].[Na+]. The van der Waals surface area contributed by atoms with E-state index in [1.165, 1.54) is 44.1 Å². The van der Waals surface area contributed by atoms with Crippen LogP contribution in [0, 0.1) is 0 Å². The maximum Gasteiger partial charge on any atom is 1.00 e. The number of aryl methyl sites for hydroxylation is 1. The van der Waals surface area contributed by atoms with Crippen molar-refractivity contribution in [1.29, 1.82) is 0 Å². The molecule has 0 N–H and O–H groups in total. The smallest absolute Gasteiger partial charge is 1.00 e. The molecule has 7 heteroatoms. The van der Waals surface area contributed by atoms with Crippen LogP contribution >= 0.6 is 0 Å². The van der Waals surface area contributed by atoms with Gasteiger partial charge in [0.05, 0.1) is 19.8 Å². The molecular formula is C20H35NaO5S. The summed E-state index contributed by atoms with van der Waals surface area (Å²) in [4.78, 5) is 0. The third-order valence-electron chi connectivity index (χ3n) is 4.02. The molecule has 0 fully saturated rings. The largest absolute Gasteiger partial charge is 1.00 e. The van der Waals surface area contributed by atoms with Gasteiger partial charge in [0.2, 0.25) is 0 Å². The Labute approximate surface area is 189 Å². The zero-order chi connectivity index (χ0) is 19.1. The van der Waals surface area contributed by atoms with Crippen molar-refractivity contribution in [3.05, 3.63) is 29.8 Å². The minimum atomic E-state index is -3.64. The molecule has 0 bridgehead atoms. The standard InChI is InChI=1S/C20H34O5S.Na.H/c1-3-5-6-7-8-9-10-19-11-13-20(14-12-19)25-26(21,22)18-17-24-16-15-23-4-2;;/h11-14H,3-10,15-18H2,1-2H3;;/q;+1;-1. The van der Waals surface area contributed by atoms with E-state index in [0.29, 0.717) is 25.6 Å². The molecule has 0 amide bonds. The van der Waals surface area contributed by atoms with Gasteiger partial charge in [0.15, 0.2) is 0 Å². The van der Waals surface area contributed by atoms with E-state index in [1.807, 2.05) is 19.1 Å². The molecule has 0 spiro atoms. The Morgan fingerprint density at radius 1 is 0.852 bits per heavy atom. The van der Waals surface area contributed by atoms with E-state index < -0.39 is 10.1 Å². The first kappa shape index (κ1) is 26.9. The molecule has 0 unspecified atom stereocenters. The zero-order valence-corrected chi connectivity index (χ0v) is 20.1. The van der Waals surface area contributed by atoms with Crippen LogP contribution in [0.2, 0.25) is 0 Å². The maximum absolute atomic E-state index is 11.9. The molecule has 0 saturated carbocycles. The Kier molecular flexibility index (Phi) is 16.7. The van der Waals surface area contributed by atoms with Crippen molar-refractivity contribution in [2.24, 2.45) is 0 Å². The topological polar surface area (TPSA) is 61.8 Å². The molecule has 1 aromatic carbocycles. The van der Waals surface area contributed by atoms with E-state index in [2.05, 4.69) is 6.92 Å². The van der Waals surface area contributed by atoms with Gasteiger partial charge in [-0.15, -0.1) is 0 Å². The average Bonchev–Trinajstić information content (AvgIpc) is 2.62. The zero-order valence-electron chi connectivity index (χ0n) is 18.2. The van der Waals surface area contributed by atoms with Crippen molar-refractivity contribution in [1.82, 2.24) is 0 Å². The van der Waals surface area contributed by atoms with Gasteiger partial charge in [0, 0.05) is 6.61 Å². The molecule has 0 saturated heterocycles. The van der Waals surface area contributed by atoms with Crippen molar-refractivity contribution in [3.8, 4) is 5.75 Å². The van der Waals surface area contributed by atoms with Gasteiger partial charge in [-0.1, -0.05) is 51.2 Å². The van der Waals surface area contributed by atoms with Crippen molar-refractivity contribution in [2.45, 2.75) is 58.8 Å². The molecule has 0 atom stereocenters. The second-order valence-corrected chi connectivity index (χ2v) is 8.01. The monoisotopic (exact) mass is 410 g/mol. The van der Waals surface area contributed by atoms with Crippen LogP contribution < -0.4 is 33.7 Å². The second-order valence-electron chi connectivity index (χ2n) is 6.32. The van der Waals surface area contributed by atoms with Crippen LogP contribution in [0.15, 0.2) is 24.3 Å². The molecule has 1 aromatic rings. The molecule has 0 heterocycles. The summed E-state index contributed by atoms with van der Waals surface area (Å²) < 4.78 is 39.3. The van der Waals surface area contributed by atoms with Gasteiger partial charge in [-0.2, -0.15) is 8.42 Å². The fourth-order valence-electron chi connectivity index (χ4n) is 2.53. The summed E-state index contributed by atoms with van der Waals surface area (Å²) in [5, 5.41) is 0. The van der Waals surface area contributed by atoms with Gasteiger partial charge in [-0.25, -0.2) is 0 Å². The number of hydrogen-bond donors (Lipinski definition) is 0. The van der Waals surface area contributed by atoms with Gasteiger partial charge < -0.3 is 15.1 Å². The molecular weight excluding hydrogens is 375 g/mol. The van der Waals surface area contributed by atoms with Crippen molar-refractivity contribution in [2.75, 3.05) is 32.2 Å². The number of benzene rings is 1. The second kappa shape index (κ2) is 16.8. The van der Waals surface area contributed by atoms with E-state index >= 15 is 0 Å². The van der Waals surface area contributed by atoms with Gasteiger partial charge in [0.1, 0.15) is 11.5 Å². The summed E-state index contributed by atoms with van der Waals surface area (Å²) in [5.41, 5.74) is 1.21. The van der Waals surface area contributed by atoms with Crippen molar-refractivity contribution >= 4 is 10.1 Å². The van der Waals surface area contributed by atoms with Crippen LogP contribution in [0.25, 0.3) is 0 Å². The van der Waals surface area contributed by atoms with Gasteiger partial charge >= 0.3 is 39.7 Å². The molecule has 0 aromatic heterocycles. The van der Waals surface area contributed by atoms with E-state index in [-0.39, 0.29) is 43.3 Å². The Morgan fingerprint density at radius 2 is 1.48 bits per heavy atom. The molecule has 0 aliphatic carbocycles. The van der Waals surface area contributed by atoms with Crippen LogP contribution in [0.5, 0.6) is 5.75 Å². The normalized spacial score (nSPS) is 11.2. The first-order chi connectivity index (χ1) is 12.6. The minimum Gasteiger partial charge on any atom is -1.00 e. The first-order valence-corrected chi connectivity index (χ1v) is 11.3. The number of ether oxygens (including phenoxy) is 2. The van der Waals surface area contributed by atoms with Crippen LogP contribution in [-0.4, -0.2) is 40.6 Å². The van der Waals surface area contributed by atoms with Crippen LogP contribution in [0.1, 0.15) is 59.4 Å². The van der Waals surface area contributed by atoms with E-state index in [1.54, 1.807) is 12.1 Å². The molecule has 0 aliphatic heterocycles. The van der Waals surface area contributed by atoms with E-state index in [9.17, 15) is 8.42 Å². The van der Waals surface area contributed by atoms with Crippen molar-refractivity contribution < 1.29 is 53.1 Å². The molecule has 0 radical (unpaired) electrons. The van der Waals surface area contributed by atoms with E-state index in [4.69, 9.17) is 13.7 Å². The predicted molar refractivity (Wildman–Crippen MR) is 106 cm³/mol. The van der Waals surface area contributed by atoms with Crippen LogP contribution in [0.4, 0.5) is 0 Å². The Balaban J connectivity index is 0. The van der Waals surface area contributed by atoms with Gasteiger partial charge in [-0.05, 0) is 37.5 Å². The predicted octanol–water partition coefficient (Wildman–Crippen LogP) is 1.47. The number of hydrogen-bond acceptors (Lipinski definition) is 5. The van der Waals surface area contributed by atoms with Crippen LogP contribution in [0.3, 0.4) is 0 Å². The van der Waals surface area contributed by atoms with E-state index in [0.717, 1.165) is 6.42 Å². The third-order valence-corrected chi connectivity index (χ3v) is 5.13. The molecule has 1 rings (SSSR count). The Bertz CT molecular complexity index is 566. The summed E-state index contributed by atoms with van der Waals surface area (Å²) in [6.07, 6.45) is 8.63. The summed E-state index contributed by atoms with van der Waals surface area (Å²) in [5.74, 6) is 0.185. The fraction of sp³-hybridized carbons (Fsp3) is 0.700. The summed E-state index contributed by atoms with van der Waals surface area (Å²) >= 11 is 0. The van der Waals surface area contributed by atoms with Crippen molar-refractivity contribution in [3.63, 3.8) is 0 Å². The Morgan fingerprint density at radius 3 is 2.15 bits per heavy atom. The van der Waals surface area contributed by atoms with Gasteiger partial charge in [0.25, 0.3) is 0 Å². The number of rotatable bonds is 16. The molecule has 0 aliphatic rings. The minimum absolute atomic E-state index is 0. The summed E-state index contributed by atoms with van der Waals surface area (Å²) in [6, 6.07) is 7.32. The fourth-order valence-corrected chi connectivity index (χ4v) is 3.34. The average molecular weight is 411 g/mol. The first-order valence-electron chi connectivity index (χ1n) is 9.74. The molecule has 5 nitrogen and oxygen atoms in total. The summed E-state index contributed by atoms with van der Waals surface area (Å²) in [6.45, 7) is 5.70.